The molecule has 5 heteroatoms. The fourth-order valence-corrected chi connectivity index (χ4v) is 3.36. The van der Waals surface area contributed by atoms with Gasteiger partial charge in [0.2, 0.25) is 0 Å². The number of hydrogen-bond donors (Lipinski definition) is 1. The van der Waals surface area contributed by atoms with Crippen molar-refractivity contribution in [3.8, 4) is 0 Å². The normalized spacial score (nSPS) is 21.1. The van der Waals surface area contributed by atoms with Crippen LogP contribution in [-0.2, 0) is 17.9 Å². The maximum absolute atomic E-state index is 5.77. The van der Waals surface area contributed by atoms with Gasteiger partial charge in [-0.25, -0.2) is 4.98 Å². The van der Waals surface area contributed by atoms with E-state index in [0.717, 1.165) is 34.7 Å². The summed E-state index contributed by atoms with van der Waals surface area (Å²) in [4.78, 5) is 8.27. The number of aromatic nitrogens is 1. The van der Waals surface area contributed by atoms with Crippen LogP contribution >= 0.6 is 11.3 Å². The highest BCUT2D eigenvalue weighted by atomic mass is 32.1. The lowest BCUT2D eigenvalue weighted by Gasteiger charge is -2.18. The summed E-state index contributed by atoms with van der Waals surface area (Å²) < 4.78 is 5.18. The zero-order valence-corrected chi connectivity index (χ0v) is 12.1. The molecule has 0 aromatic carbocycles. The van der Waals surface area contributed by atoms with Crippen LogP contribution in [0.4, 0.5) is 5.13 Å². The minimum atomic E-state index is 0.556. The molecule has 0 spiro atoms. The van der Waals surface area contributed by atoms with Crippen molar-refractivity contribution in [1.82, 2.24) is 4.98 Å². The maximum atomic E-state index is 5.77. The zero-order valence-electron chi connectivity index (χ0n) is 11.3. The van der Waals surface area contributed by atoms with Crippen LogP contribution in [0.25, 0.3) is 0 Å². The number of methoxy groups -OCH3 is 1. The van der Waals surface area contributed by atoms with E-state index >= 15 is 0 Å². The largest absolute Gasteiger partial charge is 0.378 e. The predicted octanol–water partition coefficient (Wildman–Crippen LogP) is 2.37. The smallest absolute Gasteiger partial charge is 0.185 e. The van der Waals surface area contributed by atoms with E-state index in [1.165, 1.54) is 19.3 Å². The van der Waals surface area contributed by atoms with Gasteiger partial charge in [0.05, 0.1) is 12.3 Å². The maximum Gasteiger partial charge on any atom is 0.185 e. The number of anilines is 1. The van der Waals surface area contributed by atoms with Gasteiger partial charge in [0.1, 0.15) is 0 Å². The first-order chi connectivity index (χ1) is 8.74. The molecule has 2 N–H and O–H groups in total. The highest BCUT2D eigenvalue weighted by Crippen LogP contribution is 2.29. The first kappa shape index (κ1) is 13.8. The Labute approximate surface area is 113 Å². The van der Waals surface area contributed by atoms with Gasteiger partial charge in [0, 0.05) is 31.6 Å². The second kappa shape index (κ2) is 6.50. The van der Waals surface area contributed by atoms with E-state index in [1.807, 2.05) is 0 Å². The third kappa shape index (κ3) is 3.22. The van der Waals surface area contributed by atoms with Crippen LogP contribution in [0.15, 0.2) is 0 Å². The first-order valence-corrected chi connectivity index (χ1v) is 7.48. The van der Waals surface area contributed by atoms with Crippen molar-refractivity contribution < 1.29 is 4.74 Å². The van der Waals surface area contributed by atoms with Crippen LogP contribution < -0.4 is 10.6 Å². The second-order valence-corrected chi connectivity index (χ2v) is 6.09. The molecule has 2 rings (SSSR count). The van der Waals surface area contributed by atoms with Crippen molar-refractivity contribution in [2.24, 2.45) is 11.7 Å². The number of ether oxygens (including phenoxy) is 1. The molecule has 0 radical (unpaired) electrons. The van der Waals surface area contributed by atoms with E-state index in [4.69, 9.17) is 15.5 Å². The van der Waals surface area contributed by atoms with Crippen LogP contribution in [-0.4, -0.2) is 25.2 Å². The Hall–Kier alpha value is -0.650. The molecule has 2 heterocycles. The quantitative estimate of drug-likeness (QED) is 0.912. The van der Waals surface area contributed by atoms with Crippen LogP contribution in [0, 0.1) is 5.92 Å². The van der Waals surface area contributed by atoms with Gasteiger partial charge in [0.15, 0.2) is 5.13 Å². The van der Waals surface area contributed by atoms with Gasteiger partial charge in [-0.1, -0.05) is 6.92 Å². The number of rotatable bonds is 4. The highest BCUT2D eigenvalue weighted by Gasteiger charge is 2.18. The molecular weight excluding hydrogens is 246 g/mol. The molecule has 1 aromatic heterocycles. The monoisotopic (exact) mass is 269 g/mol. The average molecular weight is 269 g/mol. The fourth-order valence-electron chi connectivity index (χ4n) is 2.37. The Morgan fingerprint density at radius 3 is 3.00 bits per heavy atom. The first-order valence-electron chi connectivity index (χ1n) is 6.67. The summed E-state index contributed by atoms with van der Waals surface area (Å²) in [5.41, 5.74) is 6.78. The SMILES string of the molecule is COCc1nc(N2CCCC(C)CC2)sc1CN. The molecule has 102 valence electrons. The number of nitrogens with two attached hydrogens (primary N) is 1. The minimum absolute atomic E-state index is 0.556. The Balaban J connectivity index is 2.11. The zero-order chi connectivity index (χ0) is 13.0. The summed E-state index contributed by atoms with van der Waals surface area (Å²) in [6.45, 7) is 5.69. The lowest BCUT2D eigenvalue weighted by molar-refractivity contribution is 0.181. The molecule has 0 bridgehead atoms. The van der Waals surface area contributed by atoms with E-state index in [-0.39, 0.29) is 0 Å². The van der Waals surface area contributed by atoms with Gasteiger partial charge < -0.3 is 15.4 Å². The van der Waals surface area contributed by atoms with E-state index in [0.29, 0.717) is 13.2 Å². The Kier molecular flexibility index (Phi) is 4.97. The lowest BCUT2D eigenvalue weighted by Crippen LogP contribution is -2.23. The summed E-state index contributed by atoms with van der Waals surface area (Å²) in [5.74, 6) is 0.836. The fraction of sp³-hybridized carbons (Fsp3) is 0.769. The van der Waals surface area contributed by atoms with Crippen LogP contribution in [0.2, 0.25) is 0 Å². The Bertz CT molecular complexity index is 380. The summed E-state index contributed by atoms with van der Waals surface area (Å²) in [6.07, 6.45) is 3.85. The molecule has 1 aromatic rings. The van der Waals surface area contributed by atoms with Crippen molar-refractivity contribution in [1.29, 1.82) is 0 Å². The third-order valence-electron chi connectivity index (χ3n) is 3.52. The third-order valence-corrected chi connectivity index (χ3v) is 4.70. The van der Waals surface area contributed by atoms with Crippen molar-refractivity contribution in [3.63, 3.8) is 0 Å². The Morgan fingerprint density at radius 2 is 2.28 bits per heavy atom. The van der Waals surface area contributed by atoms with Crippen molar-refractivity contribution in [3.05, 3.63) is 10.6 Å². The van der Waals surface area contributed by atoms with Crippen LogP contribution in [0.1, 0.15) is 36.8 Å². The highest BCUT2D eigenvalue weighted by molar-refractivity contribution is 7.15. The second-order valence-electron chi connectivity index (χ2n) is 5.03. The lowest BCUT2D eigenvalue weighted by atomic mass is 10.0. The molecule has 0 aliphatic carbocycles. The molecular formula is C13H23N3OS. The molecule has 18 heavy (non-hydrogen) atoms. The van der Waals surface area contributed by atoms with Gasteiger partial charge in [-0.15, -0.1) is 11.3 Å². The van der Waals surface area contributed by atoms with Gasteiger partial charge in [-0.3, -0.25) is 0 Å². The predicted molar refractivity (Wildman–Crippen MR) is 75.9 cm³/mol. The number of nitrogens with zero attached hydrogens (tertiary/aromatic N) is 2. The number of hydrogen-bond acceptors (Lipinski definition) is 5. The molecule has 1 aliphatic rings. The van der Waals surface area contributed by atoms with E-state index in [2.05, 4.69) is 11.8 Å². The Morgan fingerprint density at radius 1 is 1.44 bits per heavy atom. The van der Waals surface area contributed by atoms with E-state index < -0.39 is 0 Å². The molecule has 0 amide bonds. The molecule has 1 unspecified atom stereocenters. The molecule has 1 atom stereocenters. The molecule has 1 aliphatic heterocycles. The number of thiazole rings is 1. The summed E-state index contributed by atoms with van der Waals surface area (Å²) in [6, 6.07) is 0. The average Bonchev–Trinajstić information content (AvgIpc) is 2.64. The molecule has 0 saturated carbocycles. The minimum Gasteiger partial charge on any atom is -0.378 e. The molecule has 1 fully saturated rings. The van der Waals surface area contributed by atoms with E-state index in [1.54, 1.807) is 18.4 Å². The van der Waals surface area contributed by atoms with Gasteiger partial charge in [0.25, 0.3) is 0 Å². The van der Waals surface area contributed by atoms with Crippen molar-refractivity contribution in [2.45, 2.75) is 39.3 Å². The van der Waals surface area contributed by atoms with Crippen LogP contribution in [0.3, 0.4) is 0 Å². The van der Waals surface area contributed by atoms with E-state index in [9.17, 15) is 0 Å². The molecule has 4 nitrogen and oxygen atoms in total. The summed E-state index contributed by atoms with van der Waals surface area (Å²) >= 11 is 1.73. The van der Waals surface area contributed by atoms with Crippen molar-refractivity contribution in [2.75, 3.05) is 25.1 Å². The topological polar surface area (TPSA) is 51.4 Å². The van der Waals surface area contributed by atoms with Gasteiger partial charge >= 0.3 is 0 Å². The van der Waals surface area contributed by atoms with Gasteiger partial charge in [-0.05, 0) is 25.2 Å². The standard InChI is InChI=1S/C13H23N3OS/c1-10-4-3-6-16(7-5-10)13-15-11(9-17-2)12(8-14)18-13/h10H,3-9,14H2,1-2H3. The van der Waals surface area contributed by atoms with Crippen molar-refractivity contribution >= 4 is 16.5 Å². The summed E-state index contributed by atoms with van der Waals surface area (Å²) in [5, 5.41) is 1.12. The summed E-state index contributed by atoms with van der Waals surface area (Å²) in [7, 11) is 1.70. The van der Waals surface area contributed by atoms with Crippen LogP contribution in [0.5, 0.6) is 0 Å². The van der Waals surface area contributed by atoms with Gasteiger partial charge in [-0.2, -0.15) is 0 Å². The molecule has 1 saturated heterocycles.